The van der Waals surface area contributed by atoms with Gasteiger partial charge in [0.25, 0.3) is 0 Å². The fourth-order valence-corrected chi connectivity index (χ4v) is 3.14. The Balaban J connectivity index is 2.53. The Bertz CT molecular complexity index is 588. The summed E-state index contributed by atoms with van der Waals surface area (Å²) in [5.41, 5.74) is 7.67. The summed E-state index contributed by atoms with van der Waals surface area (Å²) in [6, 6.07) is 7.85. The molecule has 2 aromatic rings. The SMILES string of the molecule is COCc1nc(-c2ccccc2OC)sc1C(C)(C)N. The molecule has 108 valence electrons. The first-order valence-corrected chi connectivity index (χ1v) is 7.20. The molecule has 1 aromatic carbocycles. The second kappa shape index (κ2) is 5.91. The Morgan fingerprint density at radius 2 is 1.95 bits per heavy atom. The minimum atomic E-state index is -0.439. The first kappa shape index (κ1) is 15.0. The third kappa shape index (κ3) is 3.00. The van der Waals surface area contributed by atoms with E-state index in [9.17, 15) is 0 Å². The van der Waals surface area contributed by atoms with Crippen LogP contribution in [0.25, 0.3) is 10.6 Å². The van der Waals surface area contributed by atoms with Gasteiger partial charge in [-0.3, -0.25) is 0 Å². The van der Waals surface area contributed by atoms with Crippen molar-refractivity contribution in [1.29, 1.82) is 0 Å². The van der Waals surface area contributed by atoms with Crippen molar-refractivity contribution in [3.63, 3.8) is 0 Å². The van der Waals surface area contributed by atoms with Gasteiger partial charge in [-0.05, 0) is 26.0 Å². The molecule has 0 saturated heterocycles. The van der Waals surface area contributed by atoms with E-state index >= 15 is 0 Å². The van der Waals surface area contributed by atoms with Gasteiger partial charge >= 0.3 is 0 Å². The third-order valence-corrected chi connectivity index (χ3v) is 4.37. The van der Waals surface area contributed by atoms with Crippen molar-refractivity contribution in [1.82, 2.24) is 4.98 Å². The molecule has 0 bridgehead atoms. The van der Waals surface area contributed by atoms with E-state index in [1.54, 1.807) is 25.6 Å². The summed E-state index contributed by atoms with van der Waals surface area (Å²) < 4.78 is 10.6. The number of nitrogens with two attached hydrogens (primary N) is 1. The van der Waals surface area contributed by atoms with Crippen LogP contribution in [0.5, 0.6) is 5.75 Å². The van der Waals surface area contributed by atoms with Gasteiger partial charge in [0.1, 0.15) is 10.8 Å². The van der Waals surface area contributed by atoms with E-state index < -0.39 is 5.54 Å². The predicted molar refractivity (Wildman–Crippen MR) is 82.0 cm³/mol. The average Bonchev–Trinajstić information content (AvgIpc) is 2.83. The van der Waals surface area contributed by atoms with Crippen molar-refractivity contribution in [3.8, 4) is 16.3 Å². The fraction of sp³-hybridized carbons (Fsp3) is 0.400. The van der Waals surface area contributed by atoms with Crippen molar-refractivity contribution < 1.29 is 9.47 Å². The molecule has 20 heavy (non-hydrogen) atoms. The number of benzene rings is 1. The largest absolute Gasteiger partial charge is 0.496 e. The molecule has 0 spiro atoms. The normalized spacial score (nSPS) is 11.7. The van der Waals surface area contributed by atoms with E-state index in [0.29, 0.717) is 6.61 Å². The monoisotopic (exact) mass is 292 g/mol. The van der Waals surface area contributed by atoms with Gasteiger partial charge in [-0.2, -0.15) is 0 Å². The molecule has 0 aliphatic rings. The maximum absolute atomic E-state index is 6.23. The number of hydrogen-bond acceptors (Lipinski definition) is 5. The van der Waals surface area contributed by atoms with E-state index in [-0.39, 0.29) is 0 Å². The van der Waals surface area contributed by atoms with Crippen LogP contribution in [0.2, 0.25) is 0 Å². The highest BCUT2D eigenvalue weighted by Crippen LogP contribution is 2.37. The zero-order valence-electron chi connectivity index (χ0n) is 12.3. The topological polar surface area (TPSA) is 57.4 Å². The predicted octanol–water partition coefficient (Wildman–Crippen LogP) is 3.16. The molecule has 0 aliphatic heterocycles. The quantitative estimate of drug-likeness (QED) is 0.919. The number of nitrogens with zero attached hydrogens (tertiary/aromatic N) is 1. The van der Waals surface area contributed by atoms with Gasteiger partial charge in [0.2, 0.25) is 0 Å². The number of ether oxygens (including phenoxy) is 2. The lowest BCUT2D eigenvalue weighted by molar-refractivity contribution is 0.180. The molecule has 5 heteroatoms. The Labute approximate surface area is 123 Å². The highest BCUT2D eigenvalue weighted by molar-refractivity contribution is 7.15. The number of rotatable bonds is 5. The summed E-state index contributed by atoms with van der Waals surface area (Å²) in [5, 5.41) is 0.906. The Morgan fingerprint density at radius 1 is 1.25 bits per heavy atom. The molecule has 0 saturated carbocycles. The maximum atomic E-state index is 6.23. The lowest BCUT2D eigenvalue weighted by Gasteiger charge is -2.17. The summed E-state index contributed by atoms with van der Waals surface area (Å²) in [5.74, 6) is 0.812. The number of hydrogen-bond donors (Lipinski definition) is 1. The second-order valence-corrected chi connectivity index (χ2v) is 6.15. The van der Waals surface area contributed by atoms with Gasteiger partial charge in [-0.1, -0.05) is 12.1 Å². The molecule has 0 radical (unpaired) electrons. The Hall–Kier alpha value is -1.43. The van der Waals surface area contributed by atoms with E-state index in [0.717, 1.165) is 26.9 Å². The van der Waals surface area contributed by atoms with Gasteiger partial charge < -0.3 is 15.2 Å². The molecule has 0 unspecified atom stereocenters. The summed E-state index contributed by atoms with van der Waals surface area (Å²) in [6.45, 7) is 4.42. The molecule has 0 fully saturated rings. The third-order valence-electron chi connectivity index (χ3n) is 2.90. The fourth-order valence-electron chi connectivity index (χ4n) is 2.03. The maximum Gasteiger partial charge on any atom is 0.129 e. The summed E-state index contributed by atoms with van der Waals surface area (Å²) in [6.07, 6.45) is 0. The Morgan fingerprint density at radius 3 is 2.55 bits per heavy atom. The van der Waals surface area contributed by atoms with E-state index in [1.807, 2.05) is 38.1 Å². The van der Waals surface area contributed by atoms with Gasteiger partial charge in [0.05, 0.1) is 25.0 Å². The smallest absolute Gasteiger partial charge is 0.129 e. The summed E-state index contributed by atoms with van der Waals surface area (Å²) in [4.78, 5) is 5.72. The van der Waals surface area contributed by atoms with Crippen LogP contribution in [-0.2, 0) is 16.9 Å². The van der Waals surface area contributed by atoms with Crippen molar-refractivity contribution in [2.45, 2.75) is 26.0 Å². The van der Waals surface area contributed by atoms with Crippen LogP contribution in [0.1, 0.15) is 24.4 Å². The van der Waals surface area contributed by atoms with Gasteiger partial charge in [0.15, 0.2) is 0 Å². The molecular weight excluding hydrogens is 272 g/mol. The van der Waals surface area contributed by atoms with Crippen LogP contribution in [0.15, 0.2) is 24.3 Å². The lowest BCUT2D eigenvalue weighted by Crippen LogP contribution is -2.28. The van der Waals surface area contributed by atoms with Gasteiger partial charge in [-0.15, -0.1) is 11.3 Å². The molecule has 2 N–H and O–H groups in total. The van der Waals surface area contributed by atoms with E-state index in [1.165, 1.54) is 0 Å². The molecule has 1 aromatic heterocycles. The molecule has 4 nitrogen and oxygen atoms in total. The van der Waals surface area contributed by atoms with Crippen molar-refractivity contribution in [2.75, 3.05) is 14.2 Å². The molecule has 1 heterocycles. The second-order valence-electron chi connectivity index (χ2n) is 5.15. The molecule has 0 amide bonds. The lowest BCUT2D eigenvalue weighted by atomic mass is 10.0. The molecule has 0 atom stereocenters. The number of thiazole rings is 1. The number of para-hydroxylation sites is 1. The summed E-state index contributed by atoms with van der Waals surface area (Å²) >= 11 is 1.59. The van der Waals surface area contributed by atoms with Crippen LogP contribution >= 0.6 is 11.3 Å². The van der Waals surface area contributed by atoms with E-state index in [4.69, 9.17) is 15.2 Å². The molecule has 2 rings (SSSR count). The standard InChI is InChI=1S/C15H20N2O2S/c1-15(2,16)13-11(9-18-3)17-14(20-13)10-7-5-6-8-12(10)19-4/h5-8H,9,16H2,1-4H3. The minimum Gasteiger partial charge on any atom is -0.496 e. The van der Waals surface area contributed by atoms with Gasteiger partial charge in [0, 0.05) is 17.5 Å². The summed E-state index contributed by atoms with van der Waals surface area (Å²) in [7, 11) is 3.33. The van der Waals surface area contributed by atoms with E-state index in [2.05, 4.69) is 4.98 Å². The van der Waals surface area contributed by atoms with Crippen LogP contribution in [-0.4, -0.2) is 19.2 Å². The highest BCUT2D eigenvalue weighted by atomic mass is 32.1. The number of methoxy groups -OCH3 is 2. The first-order chi connectivity index (χ1) is 9.47. The highest BCUT2D eigenvalue weighted by Gasteiger charge is 2.24. The molecule has 0 aliphatic carbocycles. The Kier molecular flexibility index (Phi) is 4.42. The minimum absolute atomic E-state index is 0.439. The van der Waals surface area contributed by atoms with Crippen molar-refractivity contribution in [3.05, 3.63) is 34.8 Å². The van der Waals surface area contributed by atoms with Crippen LogP contribution in [0, 0.1) is 0 Å². The van der Waals surface area contributed by atoms with Crippen molar-refractivity contribution >= 4 is 11.3 Å². The van der Waals surface area contributed by atoms with Crippen LogP contribution < -0.4 is 10.5 Å². The molecular formula is C15H20N2O2S. The zero-order valence-corrected chi connectivity index (χ0v) is 13.1. The van der Waals surface area contributed by atoms with Crippen molar-refractivity contribution in [2.24, 2.45) is 5.73 Å². The van der Waals surface area contributed by atoms with Crippen LogP contribution in [0.3, 0.4) is 0 Å². The zero-order chi connectivity index (χ0) is 14.8. The van der Waals surface area contributed by atoms with Gasteiger partial charge in [-0.25, -0.2) is 4.98 Å². The van der Waals surface area contributed by atoms with Crippen LogP contribution in [0.4, 0.5) is 0 Å². The average molecular weight is 292 g/mol. The number of aromatic nitrogens is 1. The first-order valence-electron chi connectivity index (χ1n) is 6.38.